The van der Waals surface area contributed by atoms with Crippen LogP contribution in [-0.2, 0) is 11.0 Å². The molecule has 27 heavy (non-hydrogen) atoms. The fourth-order valence-corrected chi connectivity index (χ4v) is 3.05. The minimum atomic E-state index is -4.45. The third-order valence-electron chi connectivity index (χ3n) is 4.42. The highest BCUT2D eigenvalue weighted by Crippen LogP contribution is 2.34. The van der Waals surface area contributed by atoms with Crippen molar-refractivity contribution in [3.63, 3.8) is 0 Å². The Hall–Kier alpha value is -3.11. The topological polar surface area (TPSA) is 78.9 Å². The van der Waals surface area contributed by atoms with E-state index < -0.39 is 17.8 Å². The first-order valence-electron chi connectivity index (χ1n) is 8.26. The zero-order valence-electron chi connectivity index (χ0n) is 14.2. The molecule has 1 aliphatic rings. The number of carbonyl (C=O) groups excluding carboxylic acids is 1. The highest BCUT2D eigenvalue weighted by Gasteiger charge is 2.31. The smallest absolute Gasteiger partial charge is 0.358 e. The van der Waals surface area contributed by atoms with Crippen molar-refractivity contribution < 1.29 is 18.0 Å². The van der Waals surface area contributed by atoms with Gasteiger partial charge >= 0.3 is 6.18 Å². The molecule has 138 valence electrons. The minimum absolute atomic E-state index is 0.138. The van der Waals surface area contributed by atoms with Gasteiger partial charge in [-0.1, -0.05) is 18.2 Å². The predicted molar refractivity (Wildman–Crippen MR) is 94.4 cm³/mol. The number of allylic oxidation sites excluding steroid dienone is 1. The van der Waals surface area contributed by atoms with Gasteiger partial charge in [-0.05, 0) is 42.3 Å². The molecule has 0 saturated carbocycles. The molecule has 0 aromatic heterocycles. The van der Waals surface area contributed by atoms with Crippen molar-refractivity contribution in [2.24, 2.45) is 5.73 Å². The highest BCUT2D eigenvalue weighted by atomic mass is 19.4. The summed E-state index contributed by atoms with van der Waals surface area (Å²) in [6.45, 7) is 0. The molecule has 3 rings (SSSR count). The van der Waals surface area contributed by atoms with Gasteiger partial charge in [0.25, 0.3) is 0 Å². The number of benzene rings is 2. The number of alkyl halides is 3. The quantitative estimate of drug-likeness (QED) is 0.840. The van der Waals surface area contributed by atoms with Gasteiger partial charge in [0.15, 0.2) is 5.78 Å². The van der Waals surface area contributed by atoms with Crippen LogP contribution in [0.15, 0.2) is 59.8 Å². The SMILES string of the molecule is N#Cc1ccc(C(N)C2=C(Nc3cccc(C(F)(F)F)c3)CCC2=O)cc1. The van der Waals surface area contributed by atoms with Crippen molar-refractivity contribution >= 4 is 11.5 Å². The lowest BCUT2D eigenvalue weighted by atomic mass is 9.96. The van der Waals surface area contributed by atoms with E-state index in [2.05, 4.69) is 5.32 Å². The van der Waals surface area contributed by atoms with E-state index in [-0.39, 0.29) is 17.9 Å². The second kappa shape index (κ2) is 7.25. The molecule has 2 aromatic carbocycles. The molecule has 0 saturated heterocycles. The van der Waals surface area contributed by atoms with E-state index in [0.29, 0.717) is 28.8 Å². The fourth-order valence-electron chi connectivity index (χ4n) is 3.05. The molecule has 7 heteroatoms. The Labute approximate surface area is 154 Å². The number of ketones is 1. The second-order valence-corrected chi connectivity index (χ2v) is 6.23. The molecule has 1 unspecified atom stereocenters. The number of hydrogen-bond donors (Lipinski definition) is 2. The van der Waals surface area contributed by atoms with Gasteiger partial charge in [-0.15, -0.1) is 0 Å². The Morgan fingerprint density at radius 3 is 2.44 bits per heavy atom. The first kappa shape index (κ1) is 18.7. The summed E-state index contributed by atoms with van der Waals surface area (Å²) in [5.41, 5.74) is 7.73. The molecule has 0 spiro atoms. The Morgan fingerprint density at radius 2 is 1.81 bits per heavy atom. The maximum absolute atomic E-state index is 12.9. The van der Waals surface area contributed by atoms with Crippen LogP contribution in [0.5, 0.6) is 0 Å². The van der Waals surface area contributed by atoms with Crippen molar-refractivity contribution in [3.8, 4) is 6.07 Å². The third kappa shape index (κ3) is 4.01. The fraction of sp³-hybridized carbons (Fsp3) is 0.200. The van der Waals surface area contributed by atoms with E-state index in [0.717, 1.165) is 12.1 Å². The Kier molecular flexibility index (Phi) is 5.02. The molecule has 3 N–H and O–H groups in total. The van der Waals surface area contributed by atoms with E-state index in [1.54, 1.807) is 24.3 Å². The van der Waals surface area contributed by atoms with Crippen LogP contribution in [0, 0.1) is 11.3 Å². The van der Waals surface area contributed by atoms with Crippen molar-refractivity contribution in [3.05, 3.63) is 76.5 Å². The summed E-state index contributed by atoms with van der Waals surface area (Å²) in [7, 11) is 0. The number of nitrogens with one attached hydrogen (secondary N) is 1. The molecule has 1 atom stereocenters. The van der Waals surface area contributed by atoms with E-state index in [1.807, 2.05) is 6.07 Å². The summed E-state index contributed by atoms with van der Waals surface area (Å²) in [6, 6.07) is 12.6. The number of Topliss-reactive ketones (excluding diaryl/α,β-unsaturated/α-hetero) is 1. The minimum Gasteiger partial charge on any atom is -0.358 e. The van der Waals surface area contributed by atoms with Gasteiger partial charge in [0.2, 0.25) is 0 Å². The molecule has 4 nitrogen and oxygen atoms in total. The summed E-state index contributed by atoms with van der Waals surface area (Å²) in [5, 5.41) is 11.8. The predicted octanol–water partition coefficient (Wildman–Crippen LogP) is 4.31. The number of hydrogen-bond acceptors (Lipinski definition) is 4. The summed E-state index contributed by atoms with van der Waals surface area (Å²) in [4.78, 5) is 12.3. The molecule has 0 fully saturated rings. The molecular formula is C20H16F3N3O. The number of nitrogens with zero attached hydrogens (tertiary/aromatic N) is 1. The van der Waals surface area contributed by atoms with Crippen molar-refractivity contribution in [2.45, 2.75) is 25.1 Å². The van der Waals surface area contributed by atoms with Crippen LogP contribution in [-0.4, -0.2) is 5.78 Å². The molecule has 2 aromatic rings. The number of rotatable bonds is 4. The van der Waals surface area contributed by atoms with Crippen LogP contribution in [0.1, 0.15) is 35.6 Å². The number of nitrogens with two attached hydrogens (primary N) is 1. The molecule has 0 aliphatic heterocycles. The third-order valence-corrected chi connectivity index (χ3v) is 4.42. The van der Waals surface area contributed by atoms with Gasteiger partial charge in [-0.3, -0.25) is 4.79 Å². The normalized spacial score (nSPS) is 15.6. The number of anilines is 1. The van der Waals surface area contributed by atoms with Crippen LogP contribution >= 0.6 is 0 Å². The average Bonchev–Trinajstić information content (AvgIpc) is 3.01. The lowest BCUT2D eigenvalue weighted by Crippen LogP contribution is -2.19. The van der Waals surface area contributed by atoms with E-state index in [9.17, 15) is 18.0 Å². The first-order valence-corrected chi connectivity index (χ1v) is 8.26. The molecule has 0 radical (unpaired) electrons. The molecule has 0 amide bonds. The summed E-state index contributed by atoms with van der Waals surface area (Å²) in [6.07, 6.45) is -3.81. The van der Waals surface area contributed by atoms with Gasteiger partial charge in [0.1, 0.15) is 0 Å². The lowest BCUT2D eigenvalue weighted by molar-refractivity contribution is -0.137. The van der Waals surface area contributed by atoms with Gasteiger partial charge in [-0.25, -0.2) is 0 Å². The molecule has 1 aliphatic carbocycles. The van der Waals surface area contributed by atoms with Crippen molar-refractivity contribution in [2.75, 3.05) is 5.32 Å². The maximum Gasteiger partial charge on any atom is 0.416 e. The Morgan fingerprint density at radius 1 is 1.11 bits per heavy atom. The molecule has 0 heterocycles. The summed E-state index contributed by atoms with van der Waals surface area (Å²) in [5.74, 6) is -0.138. The van der Waals surface area contributed by atoms with Crippen LogP contribution in [0.2, 0.25) is 0 Å². The zero-order valence-corrected chi connectivity index (χ0v) is 14.2. The van der Waals surface area contributed by atoms with Gasteiger partial charge in [0, 0.05) is 23.4 Å². The number of carbonyl (C=O) groups is 1. The van der Waals surface area contributed by atoms with Gasteiger partial charge in [-0.2, -0.15) is 18.4 Å². The monoisotopic (exact) mass is 371 g/mol. The second-order valence-electron chi connectivity index (χ2n) is 6.23. The summed E-state index contributed by atoms with van der Waals surface area (Å²) >= 11 is 0. The lowest BCUT2D eigenvalue weighted by Gasteiger charge is -2.17. The van der Waals surface area contributed by atoms with Crippen LogP contribution in [0.3, 0.4) is 0 Å². The Bertz CT molecular complexity index is 940. The zero-order chi connectivity index (χ0) is 19.6. The molecule has 0 bridgehead atoms. The first-order chi connectivity index (χ1) is 12.8. The largest absolute Gasteiger partial charge is 0.416 e. The number of nitriles is 1. The standard InChI is InChI=1S/C20H16F3N3O/c21-20(22,23)14-2-1-3-15(10-14)26-16-8-9-17(27)18(16)19(25)13-6-4-12(11-24)5-7-13/h1-7,10,19,26H,8-9,25H2. The van der Waals surface area contributed by atoms with Crippen LogP contribution in [0.25, 0.3) is 0 Å². The van der Waals surface area contributed by atoms with Crippen LogP contribution < -0.4 is 11.1 Å². The Balaban J connectivity index is 1.91. The average molecular weight is 371 g/mol. The van der Waals surface area contributed by atoms with Gasteiger partial charge < -0.3 is 11.1 Å². The van der Waals surface area contributed by atoms with Crippen molar-refractivity contribution in [1.29, 1.82) is 5.26 Å². The summed E-state index contributed by atoms with van der Waals surface area (Å²) < 4.78 is 38.7. The maximum atomic E-state index is 12.9. The van der Waals surface area contributed by atoms with E-state index in [1.165, 1.54) is 12.1 Å². The van der Waals surface area contributed by atoms with Crippen molar-refractivity contribution in [1.82, 2.24) is 0 Å². The van der Waals surface area contributed by atoms with Crippen LogP contribution in [0.4, 0.5) is 18.9 Å². The van der Waals surface area contributed by atoms with Gasteiger partial charge in [0.05, 0.1) is 23.2 Å². The highest BCUT2D eigenvalue weighted by molar-refractivity contribution is 6.00. The molecular weight excluding hydrogens is 355 g/mol. The van der Waals surface area contributed by atoms with E-state index in [4.69, 9.17) is 11.0 Å². The van der Waals surface area contributed by atoms with E-state index >= 15 is 0 Å². The number of halogens is 3.